The molecule has 17 heavy (non-hydrogen) atoms. The lowest BCUT2D eigenvalue weighted by atomic mass is 9.89. The summed E-state index contributed by atoms with van der Waals surface area (Å²) in [4.78, 5) is 22.7. The molecule has 2 N–H and O–H groups in total. The van der Waals surface area contributed by atoms with E-state index in [0.29, 0.717) is 0 Å². The highest BCUT2D eigenvalue weighted by Gasteiger charge is 2.65. The molecule has 1 fully saturated rings. The zero-order valence-electron chi connectivity index (χ0n) is 11.5. The Morgan fingerprint density at radius 1 is 1.18 bits per heavy atom. The van der Waals surface area contributed by atoms with Crippen LogP contribution in [0.5, 0.6) is 0 Å². The second-order valence-corrected chi connectivity index (χ2v) is 6.81. The highest BCUT2D eigenvalue weighted by Crippen LogP contribution is 2.62. The molecule has 0 saturated heterocycles. The second kappa shape index (κ2) is 3.72. The maximum absolute atomic E-state index is 11.8. The van der Waals surface area contributed by atoms with Gasteiger partial charge in [0.15, 0.2) is 0 Å². The van der Waals surface area contributed by atoms with E-state index in [4.69, 9.17) is 5.11 Å². The third kappa shape index (κ3) is 2.31. The molecule has 1 saturated carbocycles. The summed E-state index contributed by atoms with van der Waals surface area (Å²) in [7, 11) is 0. The van der Waals surface area contributed by atoms with Gasteiger partial charge < -0.3 is 10.4 Å². The molecule has 0 unspecified atom stereocenters. The summed E-state index contributed by atoms with van der Waals surface area (Å²) in [6, 6.07) is 0.132. The van der Waals surface area contributed by atoms with Gasteiger partial charge in [-0.3, -0.25) is 9.59 Å². The van der Waals surface area contributed by atoms with E-state index in [1.165, 1.54) is 0 Å². The van der Waals surface area contributed by atoms with Crippen LogP contribution in [0.1, 0.15) is 48.0 Å². The van der Waals surface area contributed by atoms with Crippen molar-refractivity contribution in [3.63, 3.8) is 0 Å². The summed E-state index contributed by atoms with van der Waals surface area (Å²) in [5.41, 5.74) is -0.848. The molecular formula is C13H23NO3. The fourth-order valence-electron chi connectivity index (χ4n) is 2.25. The van der Waals surface area contributed by atoms with Crippen molar-refractivity contribution in [1.29, 1.82) is 0 Å². The first-order chi connectivity index (χ1) is 7.43. The first-order valence-corrected chi connectivity index (χ1v) is 5.95. The lowest BCUT2D eigenvalue weighted by Crippen LogP contribution is -2.36. The van der Waals surface area contributed by atoms with Crippen LogP contribution in [-0.4, -0.2) is 23.0 Å². The van der Waals surface area contributed by atoms with Gasteiger partial charge in [0.2, 0.25) is 5.91 Å². The Balaban J connectivity index is 2.57. The third-order valence-corrected chi connectivity index (χ3v) is 4.51. The fraction of sp³-hybridized carbons (Fsp3) is 0.846. The zero-order chi connectivity index (χ0) is 13.6. The van der Waals surface area contributed by atoms with Gasteiger partial charge in [0.1, 0.15) is 0 Å². The molecule has 0 aliphatic heterocycles. The van der Waals surface area contributed by atoms with Crippen molar-refractivity contribution in [3.8, 4) is 0 Å². The van der Waals surface area contributed by atoms with Gasteiger partial charge in [0.25, 0.3) is 0 Å². The lowest BCUT2D eigenvalue weighted by Gasteiger charge is -2.18. The van der Waals surface area contributed by atoms with Gasteiger partial charge >= 0.3 is 5.97 Å². The Hall–Kier alpha value is -1.06. The quantitative estimate of drug-likeness (QED) is 0.791. The van der Waals surface area contributed by atoms with Gasteiger partial charge in [-0.25, -0.2) is 0 Å². The molecule has 0 aromatic rings. The van der Waals surface area contributed by atoms with Crippen LogP contribution in [0.15, 0.2) is 0 Å². The predicted octanol–water partition coefficient (Wildman–Crippen LogP) is 2.04. The van der Waals surface area contributed by atoms with Crippen molar-refractivity contribution in [2.75, 3.05) is 0 Å². The van der Waals surface area contributed by atoms with E-state index >= 15 is 0 Å². The molecule has 1 aliphatic rings. The molecule has 0 spiro atoms. The summed E-state index contributed by atoms with van der Waals surface area (Å²) < 4.78 is 0. The molecule has 0 aromatic carbocycles. The number of amides is 1. The summed E-state index contributed by atoms with van der Waals surface area (Å²) in [6.07, 6.45) is 0.0188. The molecule has 0 bridgehead atoms. The van der Waals surface area contributed by atoms with Crippen molar-refractivity contribution >= 4 is 11.9 Å². The molecule has 0 heterocycles. The summed E-state index contributed by atoms with van der Waals surface area (Å²) in [5, 5.41) is 11.9. The topological polar surface area (TPSA) is 66.4 Å². The highest BCUT2D eigenvalue weighted by atomic mass is 16.4. The number of carboxylic acid groups (broad SMARTS) is 1. The maximum Gasteiger partial charge on any atom is 0.309 e. The summed E-state index contributed by atoms with van der Waals surface area (Å²) in [6.45, 7) is 11.6. The van der Waals surface area contributed by atoms with E-state index in [-0.39, 0.29) is 29.2 Å². The van der Waals surface area contributed by atoms with Crippen LogP contribution in [0.25, 0.3) is 0 Å². The molecule has 0 aromatic heterocycles. The van der Waals surface area contributed by atoms with E-state index in [9.17, 15) is 9.59 Å². The maximum atomic E-state index is 11.8. The van der Waals surface area contributed by atoms with Crippen molar-refractivity contribution < 1.29 is 14.7 Å². The van der Waals surface area contributed by atoms with E-state index in [0.717, 1.165) is 0 Å². The monoisotopic (exact) mass is 241 g/mol. The Bertz CT molecular complexity index is 342. The highest BCUT2D eigenvalue weighted by molar-refractivity contribution is 5.84. The van der Waals surface area contributed by atoms with Crippen molar-refractivity contribution in [1.82, 2.24) is 5.32 Å². The van der Waals surface area contributed by atoms with E-state index in [1.54, 1.807) is 13.8 Å². The average Bonchev–Trinajstić information content (AvgIpc) is 2.46. The minimum absolute atomic E-state index is 0.0188. The number of hydrogen-bond acceptors (Lipinski definition) is 2. The van der Waals surface area contributed by atoms with Gasteiger partial charge in [-0.05, 0) is 24.7 Å². The smallest absolute Gasteiger partial charge is 0.309 e. The molecule has 1 rings (SSSR count). The fourth-order valence-corrected chi connectivity index (χ4v) is 2.25. The number of rotatable bonds is 4. The van der Waals surface area contributed by atoms with Crippen LogP contribution in [-0.2, 0) is 9.59 Å². The molecule has 0 atom stereocenters. The van der Waals surface area contributed by atoms with Gasteiger partial charge in [-0.1, -0.05) is 27.7 Å². The molecular weight excluding hydrogens is 218 g/mol. The minimum Gasteiger partial charge on any atom is -0.481 e. The number of hydrogen-bond donors (Lipinski definition) is 2. The Morgan fingerprint density at radius 2 is 1.59 bits per heavy atom. The van der Waals surface area contributed by atoms with Crippen molar-refractivity contribution in [2.45, 2.75) is 54.0 Å². The summed E-state index contributed by atoms with van der Waals surface area (Å²) in [5.74, 6) is -1.12. The molecule has 1 aliphatic carbocycles. The minimum atomic E-state index is -1.01. The van der Waals surface area contributed by atoms with Crippen LogP contribution < -0.4 is 5.32 Å². The number of carbonyl (C=O) groups excluding carboxylic acids is 1. The molecule has 4 nitrogen and oxygen atoms in total. The Morgan fingerprint density at radius 3 is 1.88 bits per heavy atom. The predicted molar refractivity (Wildman–Crippen MR) is 65.5 cm³/mol. The van der Waals surface area contributed by atoms with Gasteiger partial charge in [0, 0.05) is 12.5 Å². The van der Waals surface area contributed by atoms with Crippen molar-refractivity contribution in [2.24, 2.45) is 16.2 Å². The molecule has 0 radical (unpaired) electrons. The zero-order valence-corrected chi connectivity index (χ0v) is 11.5. The van der Waals surface area contributed by atoms with Crippen LogP contribution in [0.2, 0.25) is 0 Å². The van der Waals surface area contributed by atoms with Crippen LogP contribution in [0, 0.1) is 16.2 Å². The normalized spacial score (nSPS) is 22.0. The second-order valence-electron chi connectivity index (χ2n) is 6.81. The van der Waals surface area contributed by atoms with Crippen molar-refractivity contribution in [3.05, 3.63) is 0 Å². The van der Waals surface area contributed by atoms with Crippen LogP contribution in [0.3, 0.4) is 0 Å². The van der Waals surface area contributed by atoms with Crippen LogP contribution >= 0.6 is 0 Å². The number of aliphatic carboxylic acids is 1. The number of carbonyl (C=O) groups is 2. The van der Waals surface area contributed by atoms with E-state index in [2.05, 4.69) is 33.0 Å². The standard InChI is InChI=1S/C13H23NO3/c1-11(2,10(16)17)7-8(15)14-9-12(3,4)13(9,5)6/h9H,7H2,1-6H3,(H,14,15)(H,16,17). The average molecular weight is 241 g/mol. The largest absolute Gasteiger partial charge is 0.481 e. The van der Waals surface area contributed by atoms with Gasteiger partial charge in [0.05, 0.1) is 5.41 Å². The first-order valence-electron chi connectivity index (χ1n) is 5.95. The third-order valence-electron chi connectivity index (χ3n) is 4.51. The SMILES string of the molecule is CC(C)(CC(=O)NC1C(C)(C)C1(C)C)C(=O)O. The van der Waals surface area contributed by atoms with Gasteiger partial charge in [-0.2, -0.15) is 0 Å². The number of carboxylic acids is 1. The molecule has 98 valence electrons. The lowest BCUT2D eigenvalue weighted by molar-refractivity contribution is -0.149. The first kappa shape index (κ1) is 14.0. The van der Waals surface area contributed by atoms with Crippen LogP contribution in [0.4, 0.5) is 0 Å². The molecule has 1 amide bonds. The molecule has 4 heteroatoms. The Labute approximate surface area is 103 Å². The summed E-state index contributed by atoms with van der Waals surface area (Å²) >= 11 is 0. The van der Waals surface area contributed by atoms with E-state index < -0.39 is 11.4 Å². The van der Waals surface area contributed by atoms with E-state index in [1.807, 2.05) is 0 Å². The number of nitrogens with one attached hydrogen (secondary N) is 1. The van der Waals surface area contributed by atoms with Gasteiger partial charge in [-0.15, -0.1) is 0 Å². The Kier molecular flexibility index (Phi) is 3.06.